The van der Waals surface area contributed by atoms with Gasteiger partial charge >= 0.3 is 0 Å². The molecule has 1 heterocycles. The first kappa shape index (κ1) is 14.7. The molecular weight excluding hydrogens is 280 g/mol. The molecule has 1 aliphatic heterocycles. The normalized spacial score (nSPS) is 21.4. The third kappa shape index (κ3) is 3.87. The van der Waals surface area contributed by atoms with E-state index in [1.807, 2.05) is 24.3 Å². The van der Waals surface area contributed by atoms with Crippen LogP contribution in [-0.4, -0.2) is 49.5 Å². The Balaban J connectivity index is 2.03. The number of nitrogens with zero attached hydrogens (tertiary/aromatic N) is 1. The fraction of sp³-hybridized carbons (Fsp3) is 0.538. The molecule has 1 unspecified atom stereocenters. The Morgan fingerprint density at radius 1 is 1.42 bits per heavy atom. The van der Waals surface area contributed by atoms with Crippen LogP contribution in [0.2, 0.25) is 0 Å². The average molecular weight is 300 g/mol. The van der Waals surface area contributed by atoms with Crippen LogP contribution >= 0.6 is 11.8 Å². The van der Waals surface area contributed by atoms with Crippen molar-refractivity contribution in [3.8, 4) is 0 Å². The predicted molar refractivity (Wildman–Crippen MR) is 82.1 cm³/mol. The summed E-state index contributed by atoms with van der Waals surface area (Å²) in [5, 5.41) is -0.351. The molecule has 0 saturated carbocycles. The first-order valence-electron chi connectivity index (χ1n) is 6.32. The van der Waals surface area contributed by atoms with Crippen molar-refractivity contribution < 1.29 is 8.42 Å². The number of hydrogen-bond acceptors (Lipinski definition) is 5. The molecule has 1 aliphatic rings. The van der Waals surface area contributed by atoms with E-state index in [0.717, 1.165) is 36.5 Å². The summed E-state index contributed by atoms with van der Waals surface area (Å²) in [6.45, 7) is 1.57. The van der Waals surface area contributed by atoms with Gasteiger partial charge in [0.25, 0.3) is 0 Å². The number of thioether (sulfide) groups is 1. The zero-order valence-electron chi connectivity index (χ0n) is 11.1. The molecule has 1 saturated heterocycles. The highest BCUT2D eigenvalue weighted by atomic mass is 32.2. The van der Waals surface area contributed by atoms with Gasteiger partial charge in [0, 0.05) is 36.5 Å². The summed E-state index contributed by atoms with van der Waals surface area (Å²) in [5.41, 5.74) is 7.79. The molecule has 2 N–H and O–H groups in total. The summed E-state index contributed by atoms with van der Waals surface area (Å²) in [6.07, 6.45) is 2.12. The molecule has 0 amide bonds. The van der Waals surface area contributed by atoms with Crippen LogP contribution in [0.25, 0.3) is 0 Å². The molecule has 0 radical (unpaired) electrons. The van der Waals surface area contributed by atoms with Gasteiger partial charge in [-0.05, 0) is 18.1 Å². The van der Waals surface area contributed by atoms with E-state index in [9.17, 15) is 8.42 Å². The van der Waals surface area contributed by atoms with Gasteiger partial charge in [-0.1, -0.05) is 18.2 Å². The molecule has 0 bridgehead atoms. The molecule has 1 atom stereocenters. The Morgan fingerprint density at radius 3 is 2.84 bits per heavy atom. The first-order chi connectivity index (χ1) is 8.98. The number of rotatable bonds is 4. The van der Waals surface area contributed by atoms with E-state index in [1.165, 1.54) is 6.26 Å². The van der Waals surface area contributed by atoms with Gasteiger partial charge in [0.15, 0.2) is 9.84 Å². The van der Waals surface area contributed by atoms with Crippen molar-refractivity contribution in [1.29, 1.82) is 0 Å². The lowest BCUT2D eigenvalue weighted by Crippen LogP contribution is -2.47. The quantitative estimate of drug-likeness (QED) is 0.847. The monoisotopic (exact) mass is 300 g/mol. The second-order valence-electron chi connectivity index (χ2n) is 4.84. The van der Waals surface area contributed by atoms with Gasteiger partial charge in [-0.25, -0.2) is 8.42 Å². The van der Waals surface area contributed by atoms with Crippen LogP contribution in [0, 0.1) is 0 Å². The van der Waals surface area contributed by atoms with Crippen LogP contribution < -0.4 is 5.73 Å². The topological polar surface area (TPSA) is 63.4 Å². The number of benzene rings is 1. The van der Waals surface area contributed by atoms with Gasteiger partial charge in [0.05, 0.1) is 0 Å². The summed E-state index contributed by atoms with van der Waals surface area (Å²) in [6, 6.07) is 7.76. The smallest absolute Gasteiger partial charge is 0.164 e. The molecule has 4 nitrogen and oxygen atoms in total. The molecule has 0 spiro atoms. The zero-order chi connectivity index (χ0) is 13.9. The molecule has 1 fully saturated rings. The van der Waals surface area contributed by atoms with Gasteiger partial charge in [-0.2, -0.15) is 11.8 Å². The van der Waals surface area contributed by atoms with E-state index < -0.39 is 9.84 Å². The summed E-state index contributed by atoms with van der Waals surface area (Å²) in [7, 11) is -3.02. The molecule has 19 heavy (non-hydrogen) atoms. The minimum atomic E-state index is -3.02. The highest BCUT2D eigenvalue weighted by molar-refractivity contribution is 8.00. The fourth-order valence-corrected chi connectivity index (χ4v) is 5.26. The number of hydrogen-bond donors (Lipinski definition) is 1. The van der Waals surface area contributed by atoms with Crippen LogP contribution in [0.15, 0.2) is 24.3 Å². The number of sulfone groups is 1. The lowest BCUT2D eigenvalue weighted by atomic mass is 10.1. The largest absolute Gasteiger partial charge is 0.399 e. The molecule has 0 aliphatic carbocycles. The lowest BCUT2D eigenvalue weighted by Gasteiger charge is -2.34. The van der Waals surface area contributed by atoms with E-state index >= 15 is 0 Å². The Labute approximate surface area is 119 Å². The molecule has 1 aromatic rings. The zero-order valence-corrected chi connectivity index (χ0v) is 12.7. The van der Waals surface area contributed by atoms with E-state index in [0.29, 0.717) is 5.75 Å². The van der Waals surface area contributed by atoms with Gasteiger partial charge in [-0.3, -0.25) is 4.90 Å². The van der Waals surface area contributed by atoms with Crippen molar-refractivity contribution in [1.82, 2.24) is 4.90 Å². The second kappa shape index (κ2) is 6.15. The SMILES string of the molecule is CS(=O)(=O)C1CSCCN1CCc1ccccc1N. The average Bonchev–Trinajstić information content (AvgIpc) is 2.37. The Kier molecular flexibility index (Phi) is 4.76. The van der Waals surface area contributed by atoms with Crippen molar-refractivity contribution in [3.05, 3.63) is 29.8 Å². The number of nitrogens with two attached hydrogens (primary N) is 1. The third-order valence-corrected chi connectivity index (χ3v) is 6.10. The maximum absolute atomic E-state index is 11.8. The summed E-state index contributed by atoms with van der Waals surface area (Å²) in [4.78, 5) is 2.07. The number of nitrogen functional groups attached to an aromatic ring is 1. The van der Waals surface area contributed by atoms with Gasteiger partial charge < -0.3 is 5.73 Å². The number of anilines is 1. The fourth-order valence-electron chi connectivity index (χ4n) is 2.29. The predicted octanol–water partition coefficient (Wildman–Crippen LogP) is 1.23. The maximum Gasteiger partial charge on any atom is 0.164 e. The Hall–Kier alpha value is -0.720. The molecular formula is C13H20N2O2S2. The van der Waals surface area contributed by atoms with E-state index in [4.69, 9.17) is 5.73 Å². The maximum atomic E-state index is 11.8. The molecule has 1 aromatic carbocycles. The van der Waals surface area contributed by atoms with Crippen molar-refractivity contribution >= 4 is 27.3 Å². The highest BCUT2D eigenvalue weighted by Crippen LogP contribution is 2.21. The number of para-hydroxylation sites is 1. The summed E-state index contributed by atoms with van der Waals surface area (Å²) < 4.78 is 23.6. The minimum Gasteiger partial charge on any atom is -0.399 e. The van der Waals surface area contributed by atoms with Crippen molar-refractivity contribution in [3.63, 3.8) is 0 Å². The Bertz CT molecular complexity index is 531. The van der Waals surface area contributed by atoms with Gasteiger partial charge in [0.2, 0.25) is 0 Å². The van der Waals surface area contributed by atoms with Crippen LogP contribution in [0.5, 0.6) is 0 Å². The van der Waals surface area contributed by atoms with E-state index in [2.05, 4.69) is 4.90 Å². The van der Waals surface area contributed by atoms with Crippen molar-refractivity contribution in [2.45, 2.75) is 11.8 Å². The van der Waals surface area contributed by atoms with Crippen molar-refractivity contribution in [2.24, 2.45) is 0 Å². The minimum absolute atomic E-state index is 0.351. The second-order valence-corrected chi connectivity index (χ2v) is 8.20. The van der Waals surface area contributed by atoms with Gasteiger partial charge in [0.1, 0.15) is 5.37 Å². The Morgan fingerprint density at radius 2 is 2.16 bits per heavy atom. The van der Waals surface area contributed by atoms with Crippen molar-refractivity contribution in [2.75, 3.05) is 36.6 Å². The van der Waals surface area contributed by atoms with E-state index in [1.54, 1.807) is 11.8 Å². The summed E-state index contributed by atoms with van der Waals surface area (Å²) >= 11 is 1.71. The molecule has 0 aromatic heterocycles. The van der Waals surface area contributed by atoms with Crippen LogP contribution in [0.4, 0.5) is 5.69 Å². The lowest BCUT2D eigenvalue weighted by molar-refractivity contribution is 0.274. The van der Waals surface area contributed by atoms with Crippen LogP contribution in [0.3, 0.4) is 0 Å². The highest BCUT2D eigenvalue weighted by Gasteiger charge is 2.30. The van der Waals surface area contributed by atoms with E-state index in [-0.39, 0.29) is 5.37 Å². The molecule has 106 valence electrons. The molecule has 2 rings (SSSR count). The van der Waals surface area contributed by atoms with Crippen LogP contribution in [-0.2, 0) is 16.3 Å². The van der Waals surface area contributed by atoms with Crippen LogP contribution in [0.1, 0.15) is 5.56 Å². The first-order valence-corrected chi connectivity index (χ1v) is 9.43. The summed E-state index contributed by atoms with van der Waals surface area (Å²) in [5.74, 6) is 1.67. The molecule has 6 heteroatoms. The third-order valence-electron chi connectivity index (χ3n) is 3.41. The standard InChI is InChI=1S/C13H20N2O2S2/c1-19(16,17)13-10-18-9-8-15(13)7-6-11-4-2-3-5-12(11)14/h2-5,13H,6-10,14H2,1H3. The van der Waals surface area contributed by atoms with Gasteiger partial charge in [-0.15, -0.1) is 0 Å².